The van der Waals surface area contributed by atoms with Crippen LogP contribution in [-0.2, 0) is 11.2 Å². The Kier molecular flexibility index (Phi) is 4.75. The van der Waals surface area contributed by atoms with Gasteiger partial charge in [0.2, 0.25) is 0 Å². The van der Waals surface area contributed by atoms with Gasteiger partial charge in [-0.15, -0.1) is 11.3 Å². The average molecular weight is 240 g/mol. The molecule has 1 fully saturated rings. The third-order valence-corrected chi connectivity index (χ3v) is 3.75. The summed E-state index contributed by atoms with van der Waals surface area (Å²) in [4.78, 5) is 4.47. The lowest BCUT2D eigenvalue weighted by molar-refractivity contribution is 0.142. The maximum absolute atomic E-state index is 5.44. The molecule has 2 rings (SSSR count). The minimum Gasteiger partial charge on any atom is -0.381 e. The highest BCUT2D eigenvalue weighted by Crippen LogP contribution is 2.10. The Balaban J connectivity index is 1.67. The number of ether oxygens (including phenoxy) is 1. The van der Waals surface area contributed by atoms with E-state index in [1.165, 1.54) is 18.5 Å². The van der Waals surface area contributed by atoms with Gasteiger partial charge in [0.05, 0.1) is 10.7 Å². The van der Waals surface area contributed by atoms with E-state index in [4.69, 9.17) is 4.74 Å². The van der Waals surface area contributed by atoms with Crippen LogP contribution >= 0.6 is 11.3 Å². The number of nitrogens with zero attached hydrogens (tertiary/aromatic N) is 1. The second-order valence-electron chi connectivity index (χ2n) is 4.30. The topological polar surface area (TPSA) is 34.2 Å². The van der Waals surface area contributed by atoms with E-state index in [1.807, 2.05) is 0 Å². The van der Waals surface area contributed by atoms with Gasteiger partial charge in [-0.3, -0.25) is 0 Å². The van der Waals surface area contributed by atoms with E-state index >= 15 is 0 Å². The first-order valence-corrected chi connectivity index (χ1v) is 6.94. The van der Waals surface area contributed by atoms with Gasteiger partial charge in [-0.25, -0.2) is 4.98 Å². The highest BCUT2D eigenvalue weighted by molar-refractivity contribution is 7.09. The molecule has 0 amide bonds. The first-order valence-electron chi connectivity index (χ1n) is 6.07. The summed E-state index contributed by atoms with van der Waals surface area (Å²) < 4.78 is 5.44. The molecule has 1 aromatic heterocycles. The molecular weight excluding hydrogens is 220 g/mol. The van der Waals surface area contributed by atoms with Crippen LogP contribution in [0.5, 0.6) is 0 Å². The highest BCUT2D eigenvalue weighted by atomic mass is 32.1. The van der Waals surface area contributed by atoms with Crippen molar-refractivity contribution in [1.29, 1.82) is 0 Å². The van der Waals surface area contributed by atoms with Gasteiger partial charge < -0.3 is 10.1 Å². The number of aryl methyl sites for hydroxylation is 1. The SMILES string of the molecule is Cc1nc(CCNC2CCCOCC2)cs1. The summed E-state index contributed by atoms with van der Waals surface area (Å²) in [6.45, 7) is 4.94. The van der Waals surface area contributed by atoms with Crippen molar-refractivity contribution in [2.45, 2.75) is 38.6 Å². The van der Waals surface area contributed by atoms with Gasteiger partial charge in [-0.05, 0) is 26.2 Å². The highest BCUT2D eigenvalue weighted by Gasteiger charge is 2.11. The fourth-order valence-corrected chi connectivity index (χ4v) is 2.68. The minimum absolute atomic E-state index is 0.641. The lowest BCUT2D eigenvalue weighted by Crippen LogP contribution is -2.31. The number of thiazole rings is 1. The van der Waals surface area contributed by atoms with Crippen LogP contribution in [0.2, 0.25) is 0 Å². The molecule has 0 saturated carbocycles. The van der Waals surface area contributed by atoms with E-state index in [0.29, 0.717) is 6.04 Å². The molecule has 4 heteroatoms. The summed E-state index contributed by atoms with van der Waals surface area (Å²) >= 11 is 1.73. The largest absolute Gasteiger partial charge is 0.381 e. The summed E-state index contributed by atoms with van der Waals surface area (Å²) in [5, 5.41) is 6.93. The first kappa shape index (κ1) is 12.0. The zero-order valence-corrected chi connectivity index (χ0v) is 10.7. The van der Waals surface area contributed by atoms with E-state index in [9.17, 15) is 0 Å². The van der Waals surface area contributed by atoms with Crippen molar-refractivity contribution in [3.8, 4) is 0 Å². The standard InChI is InChI=1S/C12H20N2OS/c1-10-14-12(9-16-10)4-6-13-11-3-2-7-15-8-5-11/h9,11,13H,2-8H2,1H3. The normalized spacial score (nSPS) is 21.9. The molecule has 16 heavy (non-hydrogen) atoms. The molecule has 0 bridgehead atoms. The van der Waals surface area contributed by atoms with Crippen molar-refractivity contribution < 1.29 is 4.74 Å². The van der Waals surface area contributed by atoms with Gasteiger partial charge in [0.25, 0.3) is 0 Å². The second kappa shape index (κ2) is 6.33. The molecule has 0 spiro atoms. The molecule has 1 saturated heterocycles. The Hall–Kier alpha value is -0.450. The molecule has 1 N–H and O–H groups in total. The van der Waals surface area contributed by atoms with Crippen LogP contribution in [0.1, 0.15) is 30.0 Å². The van der Waals surface area contributed by atoms with E-state index in [2.05, 4.69) is 22.6 Å². The van der Waals surface area contributed by atoms with Gasteiger partial charge in [0.1, 0.15) is 0 Å². The monoisotopic (exact) mass is 240 g/mol. The van der Waals surface area contributed by atoms with Crippen molar-refractivity contribution in [1.82, 2.24) is 10.3 Å². The molecule has 1 aliphatic heterocycles. The molecule has 1 atom stereocenters. The fraction of sp³-hybridized carbons (Fsp3) is 0.750. The van der Waals surface area contributed by atoms with Crippen molar-refractivity contribution in [2.24, 2.45) is 0 Å². The van der Waals surface area contributed by atoms with Crippen LogP contribution in [0.3, 0.4) is 0 Å². The summed E-state index contributed by atoms with van der Waals surface area (Å²) in [6.07, 6.45) is 4.63. The summed E-state index contributed by atoms with van der Waals surface area (Å²) in [7, 11) is 0. The van der Waals surface area contributed by atoms with Gasteiger partial charge in [-0.1, -0.05) is 0 Å². The molecule has 1 aromatic rings. The molecular formula is C12H20N2OS. The van der Waals surface area contributed by atoms with Crippen LogP contribution in [0.4, 0.5) is 0 Å². The molecule has 0 radical (unpaired) electrons. The molecule has 1 unspecified atom stereocenters. The number of nitrogens with one attached hydrogen (secondary N) is 1. The zero-order chi connectivity index (χ0) is 11.2. The van der Waals surface area contributed by atoms with Crippen molar-refractivity contribution in [2.75, 3.05) is 19.8 Å². The first-order chi connectivity index (χ1) is 7.84. The van der Waals surface area contributed by atoms with Crippen LogP contribution < -0.4 is 5.32 Å². The Morgan fingerprint density at radius 3 is 3.25 bits per heavy atom. The van der Waals surface area contributed by atoms with Gasteiger partial charge >= 0.3 is 0 Å². The molecule has 90 valence electrons. The molecule has 1 aliphatic rings. The quantitative estimate of drug-likeness (QED) is 0.875. The second-order valence-corrected chi connectivity index (χ2v) is 5.36. The third-order valence-electron chi connectivity index (χ3n) is 2.93. The molecule has 0 aromatic carbocycles. The fourth-order valence-electron chi connectivity index (χ4n) is 2.04. The van der Waals surface area contributed by atoms with Crippen molar-refractivity contribution in [3.05, 3.63) is 16.1 Å². The third kappa shape index (κ3) is 3.85. The Labute approximate surface area is 101 Å². The lowest BCUT2D eigenvalue weighted by atomic mass is 10.1. The summed E-state index contributed by atoms with van der Waals surface area (Å²) in [6, 6.07) is 0.641. The number of hydrogen-bond acceptors (Lipinski definition) is 4. The van der Waals surface area contributed by atoms with Crippen LogP contribution in [0.25, 0.3) is 0 Å². The van der Waals surface area contributed by atoms with E-state index < -0.39 is 0 Å². The number of hydrogen-bond donors (Lipinski definition) is 1. The van der Waals surface area contributed by atoms with Crippen LogP contribution in [-0.4, -0.2) is 30.8 Å². The van der Waals surface area contributed by atoms with Gasteiger partial charge in [0.15, 0.2) is 0 Å². The maximum atomic E-state index is 5.44. The molecule has 2 heterocycles. The number of aromatic nitrogens is 1. The summed E-state index contributed by atoms with van der Waals surface area (Å²) in [5.41, 5.74) is 1.22. The van der Waals surface area contributed by atoms with Crippen molar-refractivity contribution in [3.63, 3.8) is 0 Å². The van der Waals surface area contributed by atoms with Gasteiger partial charge in [0, 0.05) is 37.6 Å². The predicted octanol–water partition coefficient (Wildman–Crippen LogP) is 2.15. The Morgan fingerprint density at radius 2 is 2.44 bits per heavy atom. The average Bonchev–Trinajstić information content (AvgIpc) is 2.54. The van der Waals surface area contributed by atoms with E-state index in [1.54, 1.807) is 11.3 Å². The number of rotatable bonds is 4. The maximum Gasteiger partial charge on any atom is 0.0897 e. The van der Waals surface area contributed by atoms with Crippen molar-refractivity contribution >= 4 is 11.3 Å². The minimum atomic E-state index is 0.641. The predicted molar refractivity (Wildman–Crippen MR) is 67.0 cm³/mol. The van der Waals surface area contributed by atoms with E-state index in [-0.39, 0.29) is 0 Å². The Bertz CT molecular complexity index is 306. The zero-order valence-electron chi connectivity index (χ0n) is 9.87. The van der Waals surface area contributed by atoms with Crippen LogP contribution in [0, 0.1) is 6.92 Å². The van der Waals surface area contributed by atoms with Crippen LogP contribution in [0.15, 0.2) is 5.38 Å². The lowest BCUT2D eigenvalue weighted by Gasteiger charge is -2.14. The Morgan fingerprint density at radius 1 is 1.50 bits per heavy atom. The smallest absolute Gasteiger partial charge is 0.0897 e. The van der Waals surface area contributed by atoms with Gasteiger partial charge in [-0.2, -0.15) is 0 Å². The molecule has 3 nitrogen and oxygen atoms in total. The summed E-state index contributed by atoms with van der Waals surface area (Å²) in [5.74, 6) is 0. The van der Waals surface area contributed by atoms with E-state index in [0.717, 1.165) is 37.6 Å². The molecule has 0 aliphatic carbocycles.